The summed E-state index contributed by atoms with van der Waals surface area (Å²) in [4.78, 5) is 20.5. The second-order valence-electron chi connectivity index (χ2n) is 3.73. The van der Waals surface area contributed by atoms with Crippen LogP contribution in [0.2, 0.25) is 0 Å². The Labute approximate surface area is 117 Å². The Kier molecular flexibility index (Phi) is 14.1. The molecule has 4 N–H and O–H groups in total. The zero-order valence-electron chi connectivity index (χ0n) is 11.5. The molecular formula is C13H22O7. The molecule has 0 bridgehead atoms. The standard InChI is InChI=1S/C7H12O3.C6H10O4/c1-6(7(9)10)4-2-3-5-8;1-2-6(9)10-4-5(8)3-7/h4,8H,2-3,5H2,1H3,(H,9,10);2,5,7-8H,1,3-4H2. The van der Waals surface area contributed by atoms with Gasteiger partial charge in [0.1, 0.15) is 12.7 Å². The number of carboxylic acids is 1. The minimum atomic E-state index is -0.996. The van der Waals surface area contributed by atoms with Crippen molar-refractivity contribution in [3.63, 3.8) is 0 Å². The maximum absolute atomic E-state index is 10.3. The molecule has 1 unspecified atom stereocenters. The Bertz CT molecular complexity index is 323. The number of aliphatic hydroxyl groups excluding tert-OH is 3. The van der Waals surface area contributed by atoms with Crippen molar-refractivity contribution in [3.8, 4) is 0 Å². The number of rotatable bonds is 8. The molecular weight excluding hydrogens is 268 g/mol. The quantitative estimate of drug-likeness (QED) is 0.278. The van der Waals surface area contributed by atoms with Crippen molar-refractivity contribution in [3.05, 3.63) is 24.3 Å². The lowest BCUT2D eigenvalue weighted by atomic mass is 10.2. The van der Waals surface area contributed by atoms with Gasteiger partial charge in [-0.05, 0) is 19.8 Å². The van der Waals surface area contributed by atoms with Crippen molar-refractivity contribution in [2.75, 3.05) is 19.8 Å². The molecule has 0 heterocycles. The molecule has 0 aromatic rings. The van der Waals surface area contributed by atoms with E-state index < -0.39 is 24.6 Å². The van der Waals surface area contributed by atoms with E-state index in [1.807, 2.05) is 0 Å². The number of carboxylic acid groups (broad SMARTS) is 1. The fourth-order valence-electron chi connectivity index (χ4n) is 0.787. The van der Waals surface area contributed by atoms with Crippen LogP contribution in [0.1, 0.15) is 19.8 Å². The van der Waals surface area contributed by atoms with Crippen molar-refractivity contribution in [1.29, 1.82) is 0 Å². The predicted octanol–water partition coefficient (Wildman–Crippen LogP) is -0.141. The highest BCUT2D eigenvalue weighted by Gasteiger charge is 2.03. The minimum absolute atomic E-state index is 0.114. The smallest absolute Gasteiger partial charge is 0.330 e. The SMILES string of the molecule is C=CC(=O)OCC(O)CO.CC(=CCCCO)C(=O)O. The van der Waals surface area contributed by atoms with Crippen molar-refractivity contribution < 1.29 is 34.8 Å². The molecule has 7 heteroatoms. The number of ether oxygens (including phenoxy) is 1. The number of carbonyl (C=O) groups is 2. The van der Waals surface area contributed by atoms with Crippen LogP contribution in [-0.2, 0) is 14.3 Å². The summed E-state index contributed by atoms with van der Waals surface area (Å²) in [5.41, 5.74) is 0.341. The molecule has 0 saturated heterocycles. The van der Waals surface area contributed by atoms with Gasteiger partial charge in [-0.3, -0.25) is 0 Å². The molecule has 116 valence electrons. The third-order valence-electron chi connectivity index (χ3n) is 1.95. The van der Waals surface area contributed by atoms with Crippen LogP contribution in [0.3, 0.4) is 0 Å². The van der Waals surface area contributed by atoms with Crippen LogP contribution in [0.5, 0.6) is 0 Å². The van der Waals surface area contributed by atoms with Crippen LogP contribution in [0, 0.1) is 0 Å². The summed E-state index contributed by atoms with van der Waals surface area (Å²) < 4.78 is 4.38. The van der Waals surface area contributed by atoms with E-state index in [2.05, 4.69) is 11.3 Å². The molecule has 0 radical (unpaired) electrons. The second kappa shape index (κ2) is 13.7. The fourth-order valence-corrected chi connectivity index (χ4v) is 0.787. The molecule has 0 aliphatic rings. The summed E-state index contributed by atoms with van der Waals surface area (Å²) in [5.74, 6) is -1.49. The molecule has 1 atom stereocenters. The Morgan fingerprint density at radius 2 is 1.95 bits per heavy atom. The van der Waals surface area contributed by atoms with E-state index in [0.29, 0.717) is 18.4 Å². The zero-order chi connectivity index (χ0) is 16.0. The number of aliphatic hydroxyl groups is 3. The summed E-state index contributed by atoms with van der Waals surface area (Å²) in [5, 5.41) is 33.6. The summed E-state index contributed by atoms with van der Waals surface area (Å²) in [6, 6.07) is 0. The van der Waals surface area contributed by atoms with Gasteiger partial charge in [-0.2, -0.15) is 0 Å². The van der Waals surface area contributed by atoms with E-state index >= 15 is 0 Å². The van der Waals surface area contributed by atoms with Crippen molar-refractivity contribution >= 4 is 11.9 Å². The molecule has 0 aromatic heterocycles. The van der Waals surface area contributed by atoms with Gasteiger partial charge in [0.15, 0.2) is 0 Å². The summed E-state index contributed by atoms with van der Waals surface area (Å²) in [7, 11) is 0. The van der Waals surface area contributed by atoms with Gasteiger partial charge in [-0.1, -0.05) is 12.7 Å². The highest BCUT2D eigenvalue weighted by atomic mass is 16.5. The van der Waals surface area contributed by atoms with Crippen LogP contribution in [-0.4, -0.2) is 58.3 Å². The summed E-state index contributed by atoms with van der Waals surface area (Å²) in [6.07, 6.45) is 2.87. The van der Waals surface area contributed by atoms with E-state index in [-0.39, 0.29) is 13.2 Å². The third kappa shape index (κ3) is 14.4. The molecule has 0 saturated carbocycles. The van der Waals surface area contributed by atoms with Crippen molar-refractivity contribution in [1.82, 2.24) is 0 Å². The monoisotopic (exact) mass is 290 g/mol. The fraction of sp³-hybridized carbons (Fsp3) is 0.538. The summed E-state index contributed by atoms with van der Waals surface area (Å²) >= 11 is 0. The largest absolute Gasteiger partial charge is 0.478 e. The highest BCUT2D eigenvalue weighted by Crippen LogP contribution is 1.97. The van der Waals surface area contributed by atoms with Crippen LogP contribution in [0.25, 0.3) is 0 Å². The molecule has 7 nitrogen and oxygen atoms in total. The first-order valence-corrected chi connectivity index (χ1v) is 5.98. The molecule has 0 spiro atoms. The zero-order valence-corrected chi connectivity index (χ0v) is 11.5. The lowest BCUT2D eigenvalue weighted by molar-refractivity contribution is -0.141. The number of carbonyl (C=O) groups excluding carboxylic acids is 1. The van der Waals surface area contributed by atoms with E-state index in [1.165, 1.54) is 0 Å². The third-order valence-corrected chi connectivity index (χ3v) is 1.95. The summed E-state index contributed by atoms with van der Waals surface area (Å²) in [6.45, 7) is 4.20. The Morgan fingerprint density at radius 3 is 2.35 bits per heavy atom. The number of aliphatic carboxylic acids is 1. The van der Waals surface area contributed by atoms with Gasteiger partial charge in [0.2, 0.25) is 0 Å². The normalized spacial score (nSPS) is 11.9. The van der Waals surface area contributed by atoms with Crippen molar-refractivity contribution in [2.45, 2.75) is 25.9 Å². The number of hydrogen-bond donors (Lipinski definition) is 4. The topological polar surface area (TPSA) is 124 Å². The number of hydrogen-bond acceptors (Lipinski definition) is 6. The average Bonchev–Trinajstić information content (AvgIpc) is 2.44. The van der Waals surface area contributed by atoms with Gasteiger partial charge in [0.05, 0.1) is 6.61 Å². The molecule has 0 amide bonds. The number of allylic oxidation sites excluding steroid dienone is 1. The Balaban J connectivity index is 0. The van der Waals surface area contributed by atoms with E-state index in [0.717, 1.165) is 6.08 Å². The minimum Gasteiger partial charge on any atom is -0.478 e. The molecule has 0 aliphatic carbocycles. The van der Waals surface area contributed by atoms with Crippen LogP contribution < -0.4 is 0 Å². The van der Waals surface area contributed by atoms with Crippen molar-refractivity contribution in [2.24, 2.45) is 0 Å². The van der Waals surface area contributed by atoms with E-state index in [1.54, 1.807) is 13.0 Å². The van der Waals surface area contributed by atoms with Crippen LogP contribution >= 0.6 is 0 Å². The van der Waals surface area contributed by atoms with Gasteiger partial charge in [-0.15, -0.1) is 0 Å². The first-order valence-electron chi connectivity index (χ1n) is 5.98. The average molecular weight is 290 g/mol. The highest BCUT2D eigenvalue weighted by molar-refractivity contribution is 5.85. The van der Waals surface area contributed by atoms with E-state index in [9.17, 15) is 9.59 Å². The van der Waals surface area contributed by atoms with Gasteiger partial charge < -0.3 is 25.2 Å². The maximum Gasteiger partial charge on any atom is 0.330 e. The van der Waals surface area contributed by atoms with Gasteiger partial charge >= 0.3 is 11.9 Å². The second-order valence-corrected chi connectivity index (χ2v) is 3.73. The Hall–Kier alpha value is -1.70. The first-order chi connectivity index (χ1) is 9.38. The van der Waals surface area contributed by atoms with Crippen LogP contribution in [0.15, 0.2) is 24.3 Å². The Morgan fingerprint density at radius 1 is 1.35 bits per heavy atom. The van der Waals surface area contributed by atoms with Gasteiger partial charge in [-0.25, -0.2) is 9.59 Å². The molecule has 0 aliphatic heterocycles. The molecule has 0 fully saturated rings. The maximum atomic E-state index is 10.3. The lowest BCUT2D eigenvalue weighted by Gasteiger charge is -2.05. The molecule has 0 aromatic carbocycles. The van der Waals surface area contributed by atoms with E-state index in [4.69, 9.17) is 20.4 Å². The molecule has 0 rings (SSSR count). The molecule has 20 heavy (non-hydrogen) atoms. The number of unbranched alkanes of at least 4 members (excludes halogenated alkanes) is 1. The number of esters is 1. The predicted molar refractivity (Wildman–Crippen MR) is 72.0 cm³/mol. The van der Waals surface area contributed by atoms with Gasteiger partial charge in [0, 0.05) is 18.3 Å². The lowest BCUT2D eigenvalue weighted by Crippen LogP contribution is -2.21. The van der Waals surface area contributed by atoms with Crippen LogP contribution in [0.4, 0.5) is 0 Å². The first kappa shape index (κ1) is 20.6. The van der Waals surface area contributed by atoms with Gasteiger partial charge in [0.25, 0.3) is 0 Å².